The number of aromatic nitrogens is 4. The summed E-state index contributed by atoms with van der Waals surface area (Å²) in [5.74, 6) is 0.835. The Morgan fingerprint density at radius 1 is 1.15 bits per heavy atom. The molecule has 0 atom stereocenters. The van der Waals surface area contributed by atoms with Gasteiger partial charge in [-0.25, -0.2) is 9.78 Å². The van der Waals surface area contributed by atoms with E-state index in [2.05, 4.69) is 4.98 Å². The molecular formula is C11H18ClN5O2S. The molecule has 0 aromatic carbocycles. The molecule has 112 valence electrons. The van der Waals surface area contributed by atoms with Crippen molar-refractivity contribution < 1.29 is 0 Å². The lowest BCUT2D eigenvalue weighted by atomic mass is 10.5. The van der Waals surface area contributed by atoms with Crippen LogP contribution in [0.15, 0.2) is 14.7 Å². The van der Waals surface area contributed by atoms with Crippen LogP contribution in [0.1, 0.15) is 6.42 Å². The SMILES string of the molecule is Cl.Cn1c(=O)c2c(nc(SCCCN)n2C)n(C)c1=O. The Hall–Kier alpha value is -1.25. The van der Waals surface area contributed by atoms with E-state index < -0.39 is 0 Å². The summed E-state index contributed by atoms with van der Waals surface area (Å²) >= 11 is 1.53. The number of hydrogen-bond donors (Lipinski definition) is 1. The van der Waals surface area contributed by atoms with E-state index in [9.17, 15) is 9.59 Å². The van der Waals surface area contributed by atoms with E-state index in [4.69, 9.17) is 5.73 Å². The summed E-state index contributed by atoms with van der Waals surface area (Å²) in [5.41, 5.74) is 5.63. The highest BCUT2D eigenvalue weighted by atomic mass is 35.5. The van der Waals surface area contributed by atoms with Crippen LogP contribution in [-0.4, -0.2) is 31.0 Å². The zero-order valence-electron chi connectivity index (χ0n) is 11.6. The second-order valence-corrected chi connectivity index (χ2v) is 5.38. The van der Waals surface area contributed by atoms with Crippen LogP contribution in [0.4, 0.5) is 0 Å². The van der Waals surface area contributed by atoms with Crippen molar-refractivity contribution >= 4 is 35.3 Å². The molecule has 2 aromatic heterocycles. The first-order valence-electron chi connectivity index (χ1n) is 5.94. The number of aryl methyl sites for hydroxylation is 2. The minimum Gasteiger partial charge on any atom is -0.330 e. The average molecular weight is 320 g/mol. The third kappa shape index (κ3) is 2.63. The Kier molecular flexibility index (Phi) is 5.43. The van der Waals surface area contributed by atoms with E-state index in [1.165, 1.54) is 23.4 Å². The van der Waals surface area contributed by atoms with Crippen molar-refractivity contribution in [2.75, 3.05) is 12.3 Å². The predicted octanol–water partition coefficient (Wildman–Crippen LogP) is -0.167. The molecule has 0 spiro atoms. The molecule has 0 aliphatic heterocycles. The summed E-state index contributed by atoms with van der Waals surface area (Å²) in [4.78, 5) is 28.3. The van der Waals surface area contributed by atoms with E-state index >= 15 is 0 Å². The van der Waals surface area contributed by atoms with E-state index in [-0.39, 0.29) is 23.7 Å². The van der Waals surface area contributed by atoms with Crippen molar-refractivity contribution in [3.05, 3.63) is 20.8 Å². The number of imidazole rings is 1. The highest BCUT2D eigenvalue weighted by Crippen LogP contribution is 2.20. The second kappa shape index (κ2) is 6.47. The molecule has 0 radical (unpaired) electrons. The third-order valence-corrected chi connectivity index (χ3v) is 4.13. The Morgan fingerprint density at radius 2 is 1.80 bits per heavy atom. The van der Waals surface area contributed by atoms with E-state index in [0.29, 0.717) is 17.7 Å². The normalized spacial score (nSPS) is 10.8. The van der Waals surface area contributed by atoms with Crippen LogP contribution in [0.5, 0.6) is 0 Å². The van der Waals surface area contributed by atoms with Crippen molar-refractivity contribution in [2.45, 2.75) is 11.6 Å². The van der Waals surface area contributed by atoms with Crippen LogP contribution in [-0.2, 0) is 21.1 Å². The maximum atomic E-state index is 12.1. The van der Waals surface area contributed by atoms with Crippen LogP contribution < -0.4 is 17.0 Å². The molecule has 0 fully saturated rings. The van der Waals surface area contributed by atoms with E-state index in [1.54, 1.807) is 18.7 Å². The number of nitrogens with two attached hydrogens (primary N) is 1. The Bertz CT molecular complexity index is 733. The molecule has 20 heavy (non-hydrogen) atoms. The molecule has 0 unspecified atom stereocenters. The summed E-state index contributed by atoms with van der Waals surface area (Å²) in [6.07, 6.45) is 0.880. The molecule has 9 heteroatoms. The topological polar surface area (TPSA) is 87.8 Å². The summed E-state index contributed by atoms with van der Waals surface area (Å²) in [5, 5.41) is 0.724. The number of hydrogen-bond acceptors (Lipinski definition) is 5. The van der Waals surface area contributed by atoms with Gasteiger partial charge in [0.1, 0.15) is 0 Å². The van der Waals surface area contributed by atoms with Gasteiger partial charge in [0.15, 0.2) is 16.3 Å². The Labute approximate surface area is 126 Å². The highest BCUT2D eigenvalue weighted by molar-refractivity contribution is 7.99. The molecule has 0 saturated carbocycles. The van der Waals surface area contributed by atoms with Gasteiger partial charge in [-0.1, -0.05) is 11.8 Å². The minimum absolute atomic E-state index is 0. The average Bonchev–Trinajstić information content (AvgIpc) is 2.72. The first kappa shape index (κ1) is 16.8. The minimum atomic E-state index is -0.367. The van der Waals surface area contributed by atoms with E-state index in [0.717, 1.165) is 21.9 Å². The zero-order valence-corrected chi connectivity index (χ0v) is 13.3. The van der Waals surface area contributed by atoms with Gasteiger partial charge in [0.25, 0.3) is 5.56 Å². The maximum Gasteiger partial charge on any atom is 0.332 e. The van der Waals surface area contributed by atoms with Crippen molar-refractivity contribution in [1.82, 2.24) is 18.7 Å². The Balaban J connectivity index is 0.00000200. The van der Waals surface area contributed by atoms with Crippen LogP contribution in [0.25, 0.3) is 11.2 Å². The number of rotatable bonds is 4. The molecule has 0 aliphatic rings. The molecule has 0 amide bonds. The first-order valence-corrected chi connectivity index (χ1v) is 6.93. The van der Waals surface area contributed by atoms with Gasteiger partial charge in [0.2, 0.25) is 0 Å². The summed E-state index contributed by atoms with van der Waals surface area (Å²) in [7, 11) is 4.87. The zero-order chi connectivity index (χ0) is 14.2. The van der Waals surface area contributed by atoms with Crippen LogP contribution in [0.2, 0.25) is 0 Å². The van der Waals surface area contributed by atoms with Crippen LogP contribution in [0, 0.1) is 0 Å². The lowest BCUT2D eigenvalue weighted by molar-refractivity contribution is 0.705. The van der Waals surface area contributed by atoms with Crippen molar-refractivity contribution in [3.8, 4) is 0 Å². The van der Waals surface area contributed by atoms with Crippen molar-refractivity contribution in [2.24, 2.45) is 26.9 Å². The maximum absolute atomic E-state index is 12.1. The van der Waals surface area contributed by atoms with Crippen molar-refractivity contribution in [1.29, 1.82) is 0 Å². The number of halogens is 1. The molecule has 0 aliphatic carbocycles. The van der Waals surface area contributed by atoms with Gasteiger partial charge >= 0.3 is 5.69 Å². The molecule has 2 rings (SSSR count). The van der Waals surface area contributed by atoms with Crippen molar-refractivity contribution in [3.63, 3.8) is 0 Å². The smallest absolute Gasteiger partial charge is 0.330 e. The fourth-order valence-electron chi connectivity index (χ4n) is 1.87. The lowest BCUT2D eigenvalue weighted by Crippen LogP contribution is -2.37. The van der Waals surface area contributed by atoms with Gasteiger partial charge in [0.05, 0.1) is 0 Å². The van der Waals surface area contributed by atoms with Gasteiger partial charge in [-0.2, -0.15) is 0 Å². The fraction of sp³-hybridized carbons (Fsp3) is 0.545. The predicted molar refractivity (Wildman–Crippen MR) is 82.8 cm³/mol. The first-order chi connectivity index (χ1) is 8.99. The van der Waals surface area contributed by atoms with E-state index in [1.807, 2.05) is 0 Å². The number of fused-ring (bicyclic) bond motifs is 1. The molecule has 2 aromatic rings. The molecule has 2 heterocycles. The number of thioether (sulfide) groups is 1. The summed E-state index contributed by atoms with van der Waals surface area (Å²) < 4.78 is 4.22. The third-order valence-electron chi connectivity index (χ3n) is 3.01. The molecular weight excluding hydrogens is 302 g/mol. The molecule has 2 N–H and O–H groups in total. The second-order valence-electron chi connectivity index (χ2n) is 4.32. The van der Waals surface area contributed by atoms with Gasteiger partial charge in [-0.3, -0.25) is 13.9 Å². The molecule has 0 bridgehead atoms. The lowest BCUT2D eigenvalue weighted by Gasteiger charge is -2.03. The van der Waals surface area contributed by atoms with Gasteiger partial charge < -0.3 is 10.3 Å². The van der Waals surface area contributed by atoms with Gasteiger partial charge in [0, 0.05) is 26.9 Å². The highest BCUT2D eigenvalue weighted by Gasteiger charge is 2.16. The summed E-state index contributed by atoms with van der Waals surface area (Å²) in [6.45, 7) is 0.622. The van der Waals surface area contributed by atoms with Crippen LogP contribution in [0.3, 0.4) is 0 Å². The standard InChI is InChI=1S/C11H17N5O2S.ClH/c1-14-7-8(13-10(14)19-6-4-5-12)15(2)11(18)16(3)9(7)17;/h4-6,12H2,1-3H3;1H. The van der Waals surface area contributed by atoms with Gasteiger partial charge in [-0.05, 0) is 13.0 Å². The molecule has 7 nitrogen and oxygen atoms in total. The van der Waals surface area contributed by atoms with Crippen LogP contribution >= 0.6 is 24.2 Å². The number of nitrogens with zero attached hydrogens (tertiary/aromatic N) is 4. The fourth-order valence-corrected chi connectivity index (χ4v) is 2.80. The molecule has 0 saturated heterocycles. The summed E-state index contributed by atoms with van der Waals surface area (Å²) in [6, 6.07) is 0. The van der Waals surface area contributed by atoms with Gasteiger partial charge in [-0.15, -0.1) is 12.4 Å². The Morgan fingerprint density at radius 3 is 2.40 bits per heavy atom. The largest absolute Gasteiger partial charge is 0.332 e. The quantitative estimate of drug-likeness (QED) is 0.624. The monoisotopic (exact) mass is 319 g/mol.